The Labute approximate surface area is 63.1 Å². The van der Waals surface area contributed by atoms with Gasteiger partial charge in [-0.2, -0.15) is 0 Å². The molecule has 1 aliphatic rings. The van der Waals surface area contributed by atoms with Gasteiger partial charge >= 0.3 is 0 Å². The molecule has 1 aliphatic carbocycles. The zero-order valence-electron chi connectivity index (χ0n) is 6.94. The Balaban J connectivity index is 2.46. The molecule has 1 atom stereocenters. The highest BCUT2D eigenvalue weighted by atomic mass is 16.5. The van der Waals surface area contributed by atoms with Crippen LogP contribution in [0.3, 0.4) is 0 Å². The molecule has 1 rings (SSSR count). The highest BCUT2D eigenvalue weighted by molar-refractivity contribution is 5.06. The maximum absolute atomic E-state index is 5.14. The van der Waals surface area contributed by atoms with Gasteiger partial charge in [0, 0.05) is 7.11 Å². The van der Waals surface area contributed by atoms with Gasteiger partial charge < -0.3 is 4.74 Å². The fourth-order valence-electron chi connectivity index (χ4n) is 1.73. The maximum atomic E-state index is 5.14. The fourth-order valence-corrected chi connectivity index (χ4v) is 1.73. The minimum atomic E-state index is 0.395. The van der Waals surface area contributed by atoms with E-state index in [2.05, 4.69) is 13.5 Å². The van der Waals surface area contributed by atoms with Gasteiger partial charge in [-0.3, -0.25) is 0 Å². The zero-order chi connectivity index (χ0) is 7.61. The van der Waals surface area contributed by atoms with Crippen LogP contribution in [0, 0.1) is 5.41 Å². The van der Waals surface area contributed by atoms with E-state index in [-0.39, 0.29) is 0 Å². The van der Waals surface area contributed by atoms with Crippen LogP contribution in [0.2, 0.25) is 0 Å². The smallest absolute Gasteiger partial charge is 0.0519 e. The highest BCUT2D eigenvalue weighted by Gasteiger charge is 2.30. The normalized spacial score (nSPS) is 33.2. The lowest BCUT2D eigenvalue weighted by Gasteiger charge is -2.21. The van der Waals surface area contributed by atoms with Gasteiger partial charge in [-0.25, -0.2) is 0 Å². The van der Waals surface area contributed by atoms with Gasteiger partial charge in [0.2, 0.25) is 0 Å². The summed E-state index contributed by atoms with van der Waals surface area (Å²) in [6, 6.07) is 0. The molecule has 10 heavy (non-hydrogen) atoms. The lowest BCUT2D eigenvalue weighted by atomic mass is 9.90. The first-order valence-corrected chi connectivity index (χ1v) is 3.82. The van der Waals surface area contributed by atoms with Crippen LogP contribution >= 0.6 is 0 Å². The summed E-state index contributed by atoms with van der Waals surface area (Å²) in [6.45, 7) is 7.13. The monoisotopic (exact) mass is 140 g/mol. The van der Waals surface area contributed by atoms with Crippen LogP contribution in [-0.4, -0.2) is 13.7 Å². The number of rotatable bonds is 2. The minimum Gasteiger partial charge on any atom is -0.384 e. The molecule has 0 bridgehead atoms. The third-order valence-corrected chi connectivity index (χ3v) is 2.25. The van der Waals surface area contributed by atoms with Crippen LogP contribution in [0.1, 0.15) is 26.2 Å². The van der Waals surface area contributed by atoms with E-state index < -0.39 is 0 Å². The Kier molecular flexibility index (Phi) is 2.14. The van der Waals surface area contributed by atoms with Crippen LogP contribution in [0.5, 0.6) is 0 Å². The number of ether oxygens (including phenoxy) is 1. The number of allylic oxidation sites excluding steroid dienone is 1. The Bertz CT molecular complexity index is 140. The summed E-state index contributed by atoms with van der Waals surface area (Å²) in [5.74, 6) is 0. The van der Waals surface area contributed by atoms with Crippen LogP contribution in [0.25, 0.3) is 0 Å². The van der Waals surface area contributed by atoms with Gasteiger partial charge in [0.1, 0.15) is 0 Å². The third kappa shape index (κ3) is 1.60. The summed E-state index contributed by atoms with van der Waals surface area (Å²) in [4.78, 5) is 0. The Hall–Kier alpha value is -0.300. The van der Waals surface area contributed by atoms with Gasteiger partial charge in [0.15, 0.2) is 0 Å². The summed E-state index contributed by atoms with van der Waals surface area (Å²) in [5.41, 5.74) is 1.78. The van der Waals surface area contributed by atoms with E-state index in [0.29, 0.717) is 5.41 Å². The second-order valence-electron chi connectivity index (χ2n) is 3.67. The molecular weight excluding hydrogens is 124 g/mol. The molecule has 0 N–H and O–H groups in total. The zero-order valence-corrected chi connectivity index (χ0v) is 6.94. The fraction of sp³-hybridized carbons (Fsp3) is 0.778. The molecule has 0 heterocycles. The van der Waals surface area contributed by atoms with Gasteiger partial charge in [0.25, 0.3) is 0 Å². The van der Waals surface area contributed by atoms with Crippen LogP contribution in [0.4, 0.5) is 0 Å². The quantitative estimate of drug-likeness (QED) is 0.535. The maximum Gasteiger partial charge on any atom is 0.0519 e. The third-order valence-electron chi connectivity index (χ3n) is 2.25. The van der Waals surface area contributed by atoms with Gasteiger partial charge in [-0.1, -0.05) is 19.1 Å². The van der Waals surface area contributed by atoms with E-state index >= 15 is 0 Å². The predicted octanol–water partition coefficient (Wildman–Crippen LogP) is 2.38. The van der Waals surface area contributed by atoms with Crippen molar-refractivity contribution in [1.82, 2.24) is 0 Å². The van der Waals surface area contributed by atoms with E-state index in [9.17, 15) is 0 Å². The molecule has 1 fully saturated rings. The standard InChI is InChI=1S/C9H16O/c1-8-4-5-9(2,6-8)7-10-3/h1,4-7H2,2-3H3. The lowest BCUT2D eigenvalue weighted by molar-refractivity contribution is 0.0986. The Morgan fingerprint density at radius 1 is 1.70 bits per heavy atom. The molecule has 0 saturated heterocycles. The molecule has 0 radical (unpaired) electrons. The molecular formula is C9H16O. The summed E-state index contributed by atoms with van der Waals surface area (Å²) in [7, 11) is 1.77. The first kappa shape index (κ1) is 7.80. The molecule has 0 amide bonds. The molecule has 1 unspecified atom stereocenters. The largest absolute Gasteiger partial charge is 0.384 e. The number of hydrogen-bond donors (Lipinski definition) is 0. The number of hydrogen-bond acceptors (Lipinski definition) is 1. The summed E-state index contributed by atoms with van der Waals surface area (Å²) in [6.07, 6.45) is 3.60. The minimum absolute atomic E-state index is 0.395. The molecule has 0 aromatic rings. The van der Waals surface area contributed by atoms with Gasteiger partial charge in [-0.05, 0) is 24.7 Å². The Morgan fingerprint density at radius 2 is 2.40 bits per heavy atom. The molecule has 58 valence electrons. The van der Waals surface area contributed by atoms with Crippen molar-refractivity contribution in [3.8, 4) is 0 Å². The van der Waals surface area contributed by atoms with E-state index in [1.165, 1.54) is 18.4 Å². The van der Waals surface area contributed by atoms with Gasteiger partial charge in [0.05, 0.1) is 6.61 Å². The van der Waals surface area contributed by atoms with E-state index in [1.807, 2.05) is 0 Å². The van der Waals surface area contributed by atoms with E-state index in [0.717, 1.165) is 13.0 Å². The topological polar surface area (TPSA) is 9.23 Å². The predicted molar refractivity (Wildman–Crippen MR) is 43.0 cm³/mol. The first-order valence-electron chi connectivity index (χ1n) is 3.82. The van der Waals surface area contributed by atoms with Crippen LogP contribution in [-0.2, 0) is 4.74 Å². The van der Waals surface area contributed by atoms with Crippen molar-refractivity contribution in [2.45, 2.75) is 26.2 Å². The molecule has 1 nitrogen and oxygen atoms in total. The lowest BCUT2D eigenvalue weighted by Crippen LogP contribution is -2.17. The molecule has 1 heteroatoms. The second-order valence-corrected chi connectivity index (χ2v) is 3.67. The summed E-state index contributed by atoms with van der Waals surface area (Å²) in [5, 5.41) is 0. The van der Waals surface area contributed by atoms with Crippen molar-refractivity contribution in [2.24, 2.45) is 5.41 Å². The molecule has 0 aromatic heterocycles. The Morgan fingerprint density at radius 3 is 2.80 bits per heavy atom. The average Bonchev–Trinajstić information content (AvgIpc) is 2.12. The van der Waals surface area contributed by atoms with Crippen molar-refractivity contribution in [3.63, 3.8) is 0 Å². The van der Waals surface area contributed by atoms with Crippen molar-refractivity contribution < 1.29 is 4.74 Å². The van der Waals surface area contributed by atoms with Crippen molar-refractivity contribution >= 4 is 0 Å². The highest BCUT2D eigenvalue weighted by Crippen LogP contribution is 2.40. The van der Waals surface area contributed by atoms with Crippen molar-refractivity contribution in [1.29, 1.82) is 0 Å². The van der Waals surface area contributed by atoms with E-state index in [1.54, 1.807) is 7.11 Å². The molecule has 0 spiro atoms. The van der Waals surface area contributed by atoms with Crippen molar-refractivity contribution in [2.75, 3.05) is 13.7 Å². The number of methoxy groups -OCH3 is 1. The second kappa shape index (κ2) is 2.75. The van der Waals surface area contributed by atoms with Crippen LogP contribution in [0.15, 0.2) is 12.2 Å². The van der Waals surface area contributed by atoms with E-state index in [4.69, 9.17) is 4.74 Å². The first-order chi connectivity index (χ1) is 4.66. The molecule has 0 aromatic carbocycles. The van der Waals surface area contributed by atoms with Crippen LogP contribution < -0.4 is 0 Å². The molecule has 0 aliphatic heterocycles. The summed E-state index contributed by atoms with van der Waals surface area (Å²) >= 11 is 0. The van der Waals surface area contributed by atoms with Crippen molar-refractivity contribution in [3.05, 3.63) is 12.2 Å². The SMILES string of the molecule is C=C1CCC(C)(COC)C1. The molecule has 1 saturated carbocycles. The summed E-state index contributed by atoms with van der Waals surface area (Å²) < 4.78 is 5.14. The average molecular weight is 140 g/mol. The van der Waals surface area contributed by atoms with Gasteiger partial charge in [-0.15, -0.1) is 0 Å².